The standard InChI is InChI=1S/C13H15ClO3/c1-8(2)13(11(17-13)12(15)16-3)9-4-6-10(14)7-5-9/h4-8,11H,1-3H3. The Morgan fingerprint density at radius 3 is 2.47 bits per heavy atom. The topological polar surface area (TPSA) is 38.8 Å². The van der Waals surface area contributed by atoms with Gasteiger partial charge in [-0.25, -0.2) is 4.79 Å². The van der Waals surface area contributed by atoms with Crippen LogP contribution in [0.15, 0.2) is 24.3 Å². The van der Waals surface area contributed by atoms with E-state index in [1.54, 1.807) is 12.1 Å². The van der Waals surface area contributed by atoms with Gasteiger partial charge in [-0.3, -0.25) is 0 Å². The number of methoxy groups -OCH3 is 1. The van der Waals surface area contributed by atoms with Crippen LogP contribution in [-0.4, -0.2) is 19.2 Å². The van der Waals surface area contributed by atoms with E-state index in [4.69, 9.17) is 21.1 Å². The first-order valence-corrected chi connectivity index (χ1v) is 5.92. The number of hydrogen-bond donors (Lipinski definition) is 0. The monoisotopic (exact) mass is 254 g/mol. The van der Waals surface area contributed by atoms with Crippen molar-refractivity contribution in [3.63, 3.8) is 0 Å². The highest BCUT2D eigenvalue weighted by atomic mass is 35.5. The van der Waals surface area contributed by atoms with Gasteiger partial charge in [0.05, 0.1) is 7.11 Å². The quantitative estimate of drug-likeness (QED) is 0.615. The maximum absolute atomic E-state index is 11.6. The number of hydrogen-bond acceptors (Lipinski definition) is 3. The van der Waals surface area contributed by atoms with Crippen LogP contribution in [0.5, 0.6) is 0 Å². The lowest BCUT2D eigenvalue weighted by Gasteiger charge is -2.17. The van der Waals surface area contributed by atoms with Crippen LogP contribution in [-0.2, 0) is 19.9 Å². The first kappa shape index (κ1) is 12.4. The first-order chi connectivity index (χ1) is 8.02. The number of halogens is 1. The van der Waals surface area contributed by atoms with Crippen molar-refractivity contribution in [3.8, 4) is 0 Å². The van der Waals surface area contributed by atoms with E-state index in [2.05, 4.69) is 0 Å². The van der Waals surface area contributed by atoms with Crippen molar-refractivity contribution < 1.29 is 14.3 Å². The maximum atomic E-state index is 11.6. The summed E-state index contributed by atoms with van der Waals surface area (Å²) in [6.45, 7) is 4.05. The molecule has 0 spiro atoms. The highest BCUT2D eigenvalue weighted by Gasteiger charge is 2.64. The van der Waals surface area contributed by atoms with Gasteiger partial charge in [-0.1, -0.05) is 37.6 Å². The molecule has 0 saturated carbocycles. The molecule has 0 radical (unpaired) electrons. The van der Waals surface area contributed by atoms with E-state index in [1.807, 2.05) is 26.0 Å². The molecule has 1 aromatic rings. The van der Waals surface area contributed by atoms with Gasteiger partial charge in [0.25, 0.3) is 0 Å². The van der Waals surface area contributed by atoms with Gasteiger partial charge in [-0.05, 0) is 23.6 Å². The molecule has 0 N–H and O–H groups in total. The third-order valence-corrected chi connectivity index (χ3v) is 3.47. The van der Waals surface area contributed by atoms with Crippen molar-refractivity contribution in [2.45, 2.75) is 25.6 Å². The SMILES string of the molecule is COC(=O)C1OC1(c1ccc(Cl)cc1)C(C)C. The molecule has 1 aliphatic heterocycles. The number of carbonyl (C=O) groups excluding carboxylic acids is 1. The van der Waals surface area contributed by atoms with Gasteiger partial charge in [-0.15, -0.1) is 0 Å². The predicted molar refractivity (Wildman–Crippen MR) is 64.9 cm³/mol. The van der Waals surface area contributed by atoms with Gasteiger partial charge in [0, 0.05) is 5.02 Å². The summed E-state index contributed by atoms with van der Waals surface area (Å²) in [7, 11) is 1.37. The Hall–Kier alpha value is -1.06. The Bertz CT molecular complexity index is 427. The van der Waals surface area contributed by atoms with Gasteiger partial charge in [-0.2, -0.15) is 0 Å². The lowest BCUT2D eigenvalue weighted by molar-refractivity contribution is -0.142. The predicted octanol–water partition coefficient (Wildman–Crippen LogP) is 2.76. The number of ether oxygens (including phenoxy) is 2. The maximum Gasteiger partial charge on any atom is 0.338 e. The zero-order valence-corrected chi connectivity index (χ0v) is 10.8. The Morgan fingerprint density at radius 1 is 1.41 bits per heavy atom. The summed E-state index contributed by atoms with van der Waals surface area (Å²) >= 11 is 5.86. The number of carbonyl (C=O) groups is 1. The molecule has 1 fully saturated rings. The molecule has 17 heavy (non-hydrogen) atoms. The van der Waals surface area contributed by atoms with Crippen LogP contribution in [0.3, 0.4) is 0 Å². The summed E-state index contributed by atoms with van der Waals surface area (Å²) in [6, 6.07) is 7.39. The molecular weight excluding hydrogens is 240 g/mol. The molecule has 92 valence electrons. The van der Waals surface area contributed by atoms with Crippen LogP contribution in [0.25, 0.3) is 0 Å². The summed E-state index contributed by atoms with van der Waals surface area (Å²) in [5, 5.41) is 0.669. The molecule has 3 nitrogen and oxygen atoms in total. The van der Waals surface area contributed by atoms with E-state index in [0.29, 0.717) is 5.02 Å². The second kappa shape index (κ2) is 4.31. The Kier molecular flexibility index (Phi) is 3.15. The van der Waals surface area contributed by atoms with Gasteiger partial charge >= 0.3 is 5.97 Å². The average molecular weight is 255 g/mol. The summed E-state index contributed by atoms with van der Waals surface area (Å²) < 4.78 is 10.4. The fourth-order valence-corrected chi connectivity index (χ4v) is 2.32. The largest absolute Gasteiger partial charge is 0.467 e. The van der Waals surface area contributed by atoms with E-state index in [1.165, 1.54) is 7.11 Å². The Labute approximate surface area is 106 Å². The van der Waals surface area contributed by atoms with Crippen molar-refractivity contribution >= 4 is 17.6 Å². The molecule has 1 saturated heterocycles. The van der Waals surface area contributed by atoms with Crippen molar-refractivity contribution in [2.24, 2.45) is 5.92 Å². The van der Waals surface area contributed by atoms with Gasteiger partial charge < -0.3 is 9.47 Å². The summed E-state index contributed by atoms with van der Waals surface area (Å²) in [6.07, 6.45) is -0.506. The average Bonchev–Trinajstić information content (AvgIpc) is 3.05. The van der Waals surface area contributed by atoms with Crippen LogP contribution in [0.2, 0.25) is 5.02 Å². The van der Waals surface area contributed by atoms with E-state index in [9.17, 15) is 4.79 Å². The zero-order valence-electron chi connectivity index (χ0n) is 10.1. The Morgan fingerprint density at radius 2 is 2.00 bits per heavy atom. The fraction of sp³-hybridized carbons (Fsp3) is 0.462. The van der Waals surface area contributed by atoms with Crippen molar-refractivity contribution in [2.75, 3.05) is 7.11 Å². The van der Waals surface area contributed by atoms with Gasteiger partial charge in [0.2, 0.25) is 0 Å². The molecule has 2 rings (SSSR count). The number of epoxide rings is 1. The molecule has 2 unspecified atom stereocenters. The van der Waals surface area contributed by atoms with Gasteiger partial charge in [0.15, 0.2) is 6.10 Å². The first-order valence-electron chi connectivity index (χ1n) is 5.54. The van der Waals surface area contributed by atoms with E-state index in [0.717, 1.165) is 5.56 Å². The smallest absolute Gasteiger partial charge is 0.338 e. The fourth-order valence-electron chi connectivity index (χ4n) is 2.19. The second-order valence-corrected chi connectivity index (χ2v) is 4.91. The lowest BCUT2D eigenvalue weighted by atomic mass is 9.85. The molecule has 1 heterocycles. The van der Waals surface area contributed by atoms with Crippen LogP contribution in [0.4, 0.5) is 0 Å². The van der Waals surface area contributed by atoms with E-state index in [-0.39, 0.29) is 11.9 Å². The minimum atomic E-state index is -0.558. The molecular formula is C13H15ClO3. The third-order valence-electron chi connectivity index (χ3n) is 3.21. The van der Waals surface area contributed by atoms with E-state index < -0.39 is 11.7 Å². The minimum Gasteiger partial charge on any atom is -0.467 e. The molecule has 1 aliphatic rings. The summed E-state index contributed by atoms with van der Waals surface area (Å²) in [5.41, 5.74) is 0.407. The minimum absolute atomic E-state index is 0.188. The highest BCUT2D eigenvalue weighted by molar-refractivity contribution is 6.30. The molecule has 4 heteroatoms. The summed E-state index contributed by atoms with van der Waals surface area (Å²) in [5.74, 6) is -0.138. The molecule has 0 bridgehead atoms. The van der Waals surface area contributed by atoms with Crippen LogP contribution < -0.4 is 0 Å². The van der Waals surface area contributed by atoms with Crippen LogP contribution >= 0.6 is 11.6 Å². The van der Waals surface area contributed by atoms with Crippen molar-refractivity contribution in [3.05, 3.63) is 34.9 Å². The zero-order chi connectivity index (χ0) is 12.6. The molecule has 1 aromatic carbocycles. The van der Waals surface area contributed by atoms with Crippen LogP contribution in [0, 0.1) is 5.92 Å². The van der Waals surface area contributed by atoms with E-state index >= 15 is 0 Å². The Balaban J connectivity index is 2.32. The number of esters is 1. The molecule has 0 amide bonds. The highest BCUT2D eigenvalue weighted by Crippen LogP contribution is 2.52. The summed E-state index contributed by atoms with van der Waals surface area (Å²) in [4.78, 5) is 11.6. The van der Waals surface area contributed by atoms with Crippen molar-refractivity contribution in [1.29, 1.82) is 0 Å². The number of benzene rings is 1. The lowest BCUT2D eigenvalue weighted by Crippen LogP contribution is -2.25. The molecule has 0 aliphatic carbocycles. The molecule has 0 aromatic heterocycles. The number of rotatable bonds is 3. The third kappa shape index (κ3) is 1.94. The normalized spacial score (nSPS) is 27.0. The van der Waals surface area contributed by atoms with Crippen molar-refractivity contribution in [1.82, 2.24) is 0 Å². The van der Waals surface area contributed by atoms with Gasteiger partial charge in [0.1, 0.15) is 5.60 Å². The second-order valence-electron chi connectivity index (χ2n) is 4.48. The molecule has 2 atom stereocenters. The van der Waals surface area contributed by atoms with Crippen LogP contribution in [0.1, 0.15) is 19.4 Å².